The highest BCUT2D eigenvalue weighted by atomic mass is 35.5. The Balaban J connectivity index is 1.96. The lowest BCUT2D eigenvalue weighted by Gasteiger charge is -2.16. The molecule has 0 aliphatic carbocycles. The molecule has 0 spiro atoms. The van der Waals surface area contributed by atoms with E-state index in [1.54, 1.807) is 18.4 Å². The van der Waals surface area contributed by atoms with Crippen LogP contribution in [0.25, 0.3) is 0 Å². The van der Waals surface area contributed by atoms with Crippen molar-refractivity contribution in [2.75, 3.05) is 0 Å². The van der Waals surface area contributed by atoms with Gasteiger partial charge in [-0.15, -0.1) is 0 Å². The second kappa shape index (κ2) is 6.96. The van der Waals surface area contributed by atoms with Gasteiger partial charge in [0.25, 0.3) is 0 Å². The second-order valence-electron chi connectivity index (χ2n) is 4.42. The maximum Gasteiger partial charge on any atom is 0.103 e. The Morgan fingerprint density at radius 2 is 2.11 bits per heavy atom. The third-order valence-electron chi connectivity index (χ3n) is 3.03. The number of furan rings is 1. The third kappa shape index (κ3) is 4.25. The molecule has 19 heavy (non-hydrogen) atoms. The summed E-state index contributed by atoms with van der Waals surface area (Å²) in [6.45, 7) is 0. The van der Waals surface area contributed by atoms with E-state index in [-0.39, 0.29) is 6.04 Å². The lowest BCUT2D eigenvalue weighted by atomic mass is 10.0. The minimum atomic E-state index is 0.126. The molecule has 3 N–H and O–H groups in total. The predicted molar refractivity (Wildman–Crippen MR) is 78.3 cm³/mol. The molecule has 2 rings (SSSR count). The monoisotopic (exact) mass is 298 g/mol. The second-order valence-corrected chi connectivity index (χ2v) is 5.27. The van der Waals surface area contributed by atoms with Gasteiger partial charge >= 0.3 is 0 Å². The average Bonchev–Trinajstić information content (AvgIpc) is 2.91. The zero-order chi connectivity index (χ0) is 13.7. The van der Waals surface area contributed by atoms with Crippen molar-refractivity contribution in [2.45, 2.75) is 25.3 Å². The first-order chi connectivity index (χ1) is 9.19. The molecular weight excluding hydrogens is 283 g/mol. The number of benzene rings is 1. The molecular formula is C14H16Cl2N2O. The first-order valence-electron chi connectivity index (χ1n) is 6.11. The van der Waals surface area contributed by atoms with Crippen molar-refractivity contribution in [1.82, 2.24) is 5.43 Å². The van der Waals surface area contributed by atoms with E-state index in [0.717, 1.165) is 30.6 Å². The number of nitrogens with two attached hydrogens (primary N) is 1. The van der Waals surface area contributed by atoms with Crippen molar-refractivity contribution >= 4 is 23.2 Å². The number of nitrogens with one attached hydrogen (secondary N) is 1. The number of hydrogen-bond acceptors (Lipinski definition) is 3. The fraction of sp³-hybridized carbons (Fsp3) is 0.286. The van der Waals surface area contributed by atoms with Crippen LogP contribution in [0, 0.1) is 0 Å². The van der Waals surface area contributed by atoms with Gasteiger partial charge in [-0.25, -0.2) is 0 Å². The summed E-state index contributed by atoms with van der Waals surface area (Å²) in [5, 5.41) is 1.39. The number of hydrogen-bond donors (Lipinski definition) is 2. The molecule has 0 aliphatic heterocycles. The quantitative estimate of drug-likeness (QED) is 0.633. The fourth-order valence-electron chi connectivity index (χ4n) is 1.98. The van der Waals surface area contributed by atoms with Crippen LogP contribution in [0.5, 0.6) is 0 Å². The number of halogens is 2. The first kappa shape index (κ1) is 14.4. The van der Waals surface area contributed by atoms with Crippen molar-refractivity contribution in [2.24, 2.45) is 5.84 Å². The topological polar surface area (TPSA) is 51.2 Å². The molecule has 102 valence electrons. The summed E-state index contributed by atoms with van der Waals surface area (Å²) >= 11 is 12.1. The summed E-state index contributed by atoms with van der Waals surface area (Å²) in [4.78, 5) is 0. The molecule has 1 heterocycles. The maximum absolute atomic E-state index is 6.15. The van der Waals surface area contributed by atoms with Crippen LogP contribution in [0.4, 0.5) is 0 Å². The number of aryl methyl sites for hydroxylation is 1. The Bertz CT molecular complexity index is 514. The average molecular weight is 299 g/mol. The highest BCUT2D eigenvalue weighted by molar-refractivity contribution is 6.33. The van der Waals surface area contributed by atoms with Crippen molar-refractivity contribution in [3.63, 3.8) is 0 Å². The zero-order valence-corrected chi connectivity index (χ0v) is 11.9. The van der Waals surface area contributed by atoms with Crippen LogP contribution in [0.2, 0.25) is 10.0 Å². The molecule has 0 radical (unpaired) electrons. The summed E-state index contributed by atoms with van der Waals surface area (Å²) in [6, 6.07) is 9.43. The minimum Gasteiger partial charge on any atom is -0.469 e. The molecule has 0 saturated heterocycles. The molecule has 3 nitrogen and oxygen atoms in total. The van der Waals surface area contributed by atoms with Crippen molar-refractivity contribution in [3.8, 4) is 0 Å². The summed E-state index contributed by atoms with van der Waals surface area (Å²) in [6.07, 6.45) is 4.11. The van der Waals surface area contributed by atoms with Crippen LogP contribution in [0.1, 0.15) is 17.7 Å². The molecule has 5 heteroatoms. The van der Waals surface area contributed by atoms with Crippen molar-refractivity contribution in [1.29, 1.82) is 0 Å². The highest BCUT2D eigenvalue weighted by Crippen LogP contribution is 2.22. The lowest BCUT2D eigenvalue weighted by Crippen LogP contribution is -2.37. The Morgan fingerprint density at radius 1 is 1.26 bits per heavy atom. The molecule has 1 aromatic heterocycles. The largest absolute Gasteiger partial charge is 0.469 e. The van der Waals surface area contributed by atoms with Gasteiger partial charge in [-0.3, -0.25) is 11.3 Å². The van der Waals surface area contributed by atoms with E-state index in [1.807, 2.05) is 18.2 Å². The van der Waals surface area contributed by atoms with Gasteiger partial charge in [-0.05, 0) is 48.7 Å². The molecule has 0 amide bonds. The predicted octanol–water partition coefficient (Wildman–Crippen LogP) is 3.59. The fourth-order valence-corrected chi connectivity index (χ4v) is 2.37. The van der Waals surface area contributed by atoms with E-state index in [2.05, 4.69) is 5.43 Å². The molecule has 1 atom stereocenters. The molecule has 2 aromatic rings. The van der Waals surface area contributed by atoms with E-state index in [0.29, 0.717) is 10.0 Å². The van der Waals surface area contributed by atoms with Gasteiger partial charge in [-0.2, -0.15) is 0 Å². The van der Waals surface area contributed by atoms with Crippen LogP contribution in [0.15, 0.2) is 41.0 Å². The van der Waals surface area contributed by atoms with Crippen molar-refractivity contribution < 1.29 is 4.42 Å². The van der Waals surface area contributed by atoms with Crippen LogP contribution >= 0.6 is 23.2 Å². The smallest absolute Gasteiger partial charge is 0.103 e. The van der Waals surface area contributed by atoms with Crippen LogP contribution in [-0.2, 0) is 12.8 Å². The summed E-state index contributed by atoms with van der Waals surface area (Å²) in [5.41, 5.74) is 3.81. The summed E-state index contributed by atoms with van der Waals surface area (Å²) in [5.74, 6) is 6.55. The van der Waals surface area contributed by atoms with Gasteiger partial charge < -0.3 is 4.42 Å². The summed E-state index contributed by atoms with van der Waals surface area (Å²) < 4.78 is 5.31. The summed E-state index contributed by atoms with van der Waals surface area (Å²) in [7, 11) is 0. The van der Waals surface area contributed by atoms with Gasteiger partial charge in [0.2, 0.25) is 0 Å². The molecule has 0 fully saturated rings. The molecule has 0 aliphatic rings. The van der Waals surface area contributed by atoms with Gasteiger partial charge in [0, 0.05) is 22.5 Å². The van der Waals surface area contributed by atoms with Gasteiger partial charge in [0.1, 0.15) is 5.76 Å². The van der Waals surface area contributed by atoms with Gasteiger partial charge in [0.05, 0.1) is 6.26 Å². The highest BCUT2D eigenvalue weighted by Gasteiger charge is 2.11. The normalized spacial score (nSPS) is 12.6. The van der Waals surface area contributed by atoms with E-state index < -0.39 is 0 Å². The SMILES string of the molecule is NNC(CCc1ccco1)Cc1cc(Cl)ccc1Cl. The Kier molecular flexibility index (Phi) is 5.28. The van der Waals surface area contributed by atoms with Crippen LogP contribution in [0.3, 0.4) is 0 Å². The molecule has 0 bridgehead atoms. The third-order valence-corrected chi connectivity index (χ3v) is 3.63. The standard InChI is InChI=1S/C14H16Cl2N2O/c15-11-3-6-14(16)10(8-11)9-12(18-17)4-5-13-2-1-7-19-13/h1-3,6-8,12,18H,4-5,9,17H2. The minimum absolute atomic E-state index is 0.126. The van der Waals surface area contributed by atoms with Gasteiger partial charge in [0.15, 0.2) is 0 Å². The van der Waals surface area contributed by atoms with Crippen LogP contribution in [-0.4, -0.2) is 6.04 Å². The Hall–Kier alpha value is -1.000. The zero-order valence-electron chi connectivity index (χ0n) is 10.4. The van der Waals surface area contributed by atoms with E-state index in [1.165, 1.54) is 0 Å². The lowest BCUT2D eigenvalue weighted by molar-refractivity contribution is 0.447. The Labute approximate surface area is 122 Å². The van der Waals surface area contributed by atoms with E-state index >= 15 is 0 Å². The molecule has 1 unspecified atom stereocenters. The van der Waals surface area contributed by atoms with Crippen LogP contribution < -0.4 is 11.3 Å². The maximum atomic E-state index is 6.15. The first-order valence-corrected chi connectivity index (χ1v) is 6.87. The van der Waals surface area contributed by atoms with E-state index in [4.69, 9.17) is 33.5 Å². The number of rotatable bonds is 6. The number of hydrazine groups is 1. The molecule has 1 aromatic carbocycles. The Morgan fingerprint density at radius 3 is 2.79 bits per heavy atom. The molecule has 0 saturated carbocycles. The van der Waals surface area contributed by atoms with Gasteiger partial charge in [-0.1, -0.05) is 23.2 Å². The van der Waals surface area contributed by atoms with E-state index in [9.17, 15) is 0 Å². The van der Waals surface area contributed by atoms with Crippen molar-refractivity contribution in [3.05, 3.63) is 58.0 Å².